The monoisotopic (exact) mass is 178 g/mol. The zero-order chi connectivity index (χ0) is 9.68. The van der Waals surface area contributed by atoms with Crippen LogP contribution in [0.4, 0.5) is 0 Å². The number of phenolic OH excluding ortho intramolecular Hbond substituents is 1. The molecular formula is C9H10N2O2. The lowest BCUT2D eigenvalue weighted by Gasteiger charge is -2.00. The van der Waals surface area contributed by atoms with Gasteiger partial charge in [-0.15, -0.1) is 0 Å². The van der Waals surface area contributed by atoms with Crippen molar-refractivity contribution in [2.45, 2.75) is 6.92 Å². The van der Waals surface area contributed by atoms with Crippen molar-refractivity contribution in [2.24, 2.45) is 5.10 Å². The minimum Gasteiger partial charge on any atom is -0.507 e. The molecule has 0 unspecified atom stereocenters. The lowest BCUT2D eigenvalue weighted by atomic mass is 10.2. The Kier molecular flexibility index (Phi) is 3.03. The van der Waals surface area contributed by atoms with Crippen LogP contribution in [0.2, 0.25) is 0 Å². The summed E-state index contributed by atoms with van der Waals surface area (Å²) in [6, 6.07) is 6.29. The van der Waals surface area contributed by atoms with E-state index in [0.29, 0.717) is 0 Å². The Morgan fingerprint density at radius 2 is 2.23 bits per heavy atom. The van der Waals surface area contributed by atoms with Crippen molar-refractivity contribution >= 4 is 12.1 Å². The number of hydrogen-bond donors (Lipinski definition) is 2. The number of benzene rings is 1. The Morgan fingerprint density at radius 1 is 1.54 bits per heavy atom. The zero-order valence-electron chi connectivity index (χ0n) is 7.19. The van der Waals surface area contributed by atoms with Gasteiger partial charge in [-0.3, -0.25) is 4.79 Å². The molecule has 0 saturated carbocycles. The van der Waals surface area contributed by atoms with Crippen LogP contribution in [0.15, 0.2) is 29.4 Å². The topological polar surface area (TPSA) is 61.7 Å². The minimum absolute atomic E-state index is 0.0497. The summed E-state index contributed by atoms with van der Waals surface area (Å²) in [5.74, 6) is -0.470. The first kappa shape index (κ1) is 9.25. The van der Waals surface area contributed by atoms with E-state index in [0.717, 1.165) is 0 Å². The number of hydrogen-bond acceptors (Lipinski definition) is 3. The van der Waals surface area contributed by atoms with Crippen molar-refractivity contribution < 1.29 is 9.90 Å². The molecule has 0 aliphatic heterocycles. The largest absolute Gasteiger partial charge is 0.507 e. The van der Waals surface area contributed by atoms with Gasteiger partial charge in [0.1, 0.15) is 5.75 Å². The van der Waals surface area contributed by atoms with E-state index in [4.69, 9.17) is 0 Å². The predicted molar refractivity (Wildman–Crippen MR) is 49.7 cm³/mol. The fourth-order valence-electron chi connectivity index (χ4n) is 0.849. The maximum absolute atomic E-state index is 11.2. The van der Waals surface area contributed by atoms with Crippen molar-refractivity contribution in [1.82, 2.24) is 5.43 Å². The molecule has 1 aromatic rings. The van der Waals surface area contributed by atoms with Crippen LogP contribution in [0.5, 0.6) is 5.75 Å². The molecule has 4 heteroatoms. The van der Waals surface area contributed by atoms with E-state index in [2.05, 4.69) is 10.5 Å². The van der Waals surface area contributed by atoms with Crippen LogP contribution in [0.25, 0.3) is 0 Å². The van der Waals surface area contributed by atoms with Gasteiger partial charge in [-0.25, -0.2) is 5.43 Å². The molecule has 4 nitrogen and oxygen atoms in total. The summed E-state index contributed by atoms with van der Waals surface area (Å²) >= 11 is 0. The number of carbonyl (C=O) groups is 1. The highest BCUT2D eigenvalue weighted by Crippen LogP contribution is 2.14. The van der Waals surface area contributed by atoms with Gasteiger partial charge < -0.3 is 5.11 Å². The number of amides is 1. The molecular weight excluding hydrogens is 168 g/mol. The Morgan fingerprint density at radius 3 is 2.85 bits per heavy atom. The average molecular weight is 178 g/mol. The van der Waals surface area contributed by atoms with Crippen LogP contribution in [-0.4, -0.2) is 17.2 Å². The van der Waals surface area contributed by atoms with Crippen molar-refractivity contribution in [3.63, 3.8) is 0 Å². The molecule has 0 radical (unpaired) electrons. The molecule has 0 aliphatic rings. The fourth-order valence-corrected chi connectivity index (χ4v) is 0.849. The zero-order valence-corrected chi connectivity index (χ0v) is 7.19. The second kappa shape index (κ2) is 4.25. The minimum atomic E-state index is -0.420. The van der Waals surface area contributed by atoms with E-state index >= 15 is 0 Å². The highest BCUT2D eigenvalue weighted by atomic mass is 16.3. The predicted octanol–water partition coefficient (Wildman–Crippen LogP) is 1.13. The highest BCUT2D eigenvalue weighted by molar-refractivity contribution is 5.96. The number of phenols is 1. The molecule has 1 rings (SSSR count). The molecule has 0 heterocycles. The van der Waals surface area contributed by atoms with Crippen LogP contribution < -0.4 is 5.43 Å². The fraction of sp³-hybridized carbons (Fsp3) is 0.111. The lowest BCUT2D eigenvalue weighted by molar-refractivity contribution is 0.0952. The molecule has 0 fully saturated rings. The lowest BCUT2D eigenvalue weighted by Crippen LogP contribution is -2.17. The number of hydrazone groups is 1. The average Bonchev–Trinajstić information content (AvgIpc) is 2.15. The van der Waals surface area contributed by atoms with E-state index in [1.54, 1.807) is 19.1 Å². The van der Waals surface area contributed by atoms with Gasteiger partial charge in [0.05, 0.1) is 5.56 Å². The van der Waals surface area contributed by atoms with Gasteiger partial charge in [0.15, 0.2) is 0 Å². The number of para-hydroxylation sites is 1. The Hall–Kier alpha value is -1.84. The summed E-state index contributed by atoms with van der Waals surface area (Å²) in [7, 11) is 0. The molecule has 0 spiro atoms. The summed E-state index contributed by atoms with van der Waals surface area (Å²) in [5.41, 5.74) is 2.48. The van der Waals surface area contributed by atoms with E-state index in [1.165, 1.54) is 18.3 Å². The maximum Gasteiger partial charge on any atom is 0.275 e. The van der Waals surface area contributed by atoms with E-state index in [9.17, 15) is 9.90 Å². The van der Waals surface area contributed by atoms with Crippen LogP contribution in [0.1, 0.15) is 17.3 Å². The molecule has 0 saturated heterocycles. The second-order valence-electron chi connectivity index (χ2n) is 2.35. The first-order chi connectivity index (χ1) is 6.25. The summed E-state index contributed by atoms with van der Waals surface area (Å²) < 4.78 is 0. The number of rotatable bonds is 2. The molecule has 0 atom stereocenters. The molecule has 1 amide bonds. The van der Waals surface area contributed by atoms with Crippen molar-refractivity contribution in [2.75, 3.05) is 0 Å². The van der Waals surface area contributed by atoms with Crippen molar-refractivity contribution in [1.29, 1.82) is 0 Å². The third-order valence-corrected chi connectivity index (χ3v) is 1.44. The van der Waals surface area contributed by atoms with Gasteiger partial charge >= 0.3 is 0 Å². The van der Waals surface area contributed by atoms with Crippen molar-refractivity contribution in [3.8, 4) is 5.75 Å². The number of carbonyl (C=O) groups excluding carboxylic acids is 1. The van der Waals surface area contributed by atoms with Gasteiger partial charge in [-0.05, 0) is 19.1 Å². The van der Waals surface area contributed by atoms with Crippen molar-refractivity contribution in [3.05, 3.63) is 29.8 Å². The number of nitrogens with one attached hydrogen (secondary N) is 1. The third-order valence-electron chi connectivity index (χ3n) is 1.44. The summed E-state index contributed by atoms with van der Waals surface area (Å²) in [4.78, 5) is 11.2. The molecule has 0 aliphatic carbocycles. The Labute approximate surface area is 75.9 Å². The quantitative estimate of drug-likeness (QED) is 0.526. The number of aromatic hydroxyl groups is 1. The summed E-state index contributed by atoms with van der Waals surface area (Å²) in [5, 5.41) is 12.8. The van der Waals surface area contributed by atoms with Gasteiger partial charge in [0, 0.05) is 6.21 Å². The second-order valence-corrected chi connectivity index (χ2v) is 2.35. The Bertz CT molecular complexity index is 334. The highest BCUT2D eigenvalue weighted by Gasteiger charge is 2.07. The van der Waals surface area contributed by atoms with Gasteiger partial charge in [-0.2, -0.15) is 5.10 Å². The maximum atomic E-state index is 11.2. The first-order valence-electron chi connectivity index (χ1n) is 3.81. The van der Waals surface area contributed by atoms with Crippen LogP contribution in [-0.2, 0) is 0 Å². The number of nitrogens with zero attached hydrogens (tertiary/aromatic N) is 1. The van der Waals surface area contributed by atoms with Crippen LogP contribution in [0, 0.1) is 0 Å². The van der Waals surface area contributed by atoms with E-state index < -0.39 is 5.91 Å². The Balaban J connectivity index is 2.83. The molecule has 0 bridgehead atoms. The van der Waals surface area contributed by atoms with Gasteiger partial charge in [0.25, 0.3) is 5.91 Å². The molecule has 13 heavy (non-hydrogen) atoms. The molecule has 1 aromatic carbocycles. The SMILES string of the molecule is CC=NNC(=O)c1ccccc1O. The summed E-state index contributed by atoms with van der Waals surface area (Å²) in [6.07, 6.45) is 1.46. The van der Waals surface area contributed by atoms with Crippen LogP contribution >= 0.6 is 0 Å². The third kappa shape index (κ3) is 2.30. The molecule has 68 valence electrons. The molecule has 0 aromatic heterocycles. The van der Waals surface area contributed by atoms with Crippen LogP contribution in [0.3, 0.4) is 0 Å². The van der Waals surface area contributed by atoms with E-state index in [1.807, 2.05) is 0 Å². The van der Waals surface area contributed by atoms with E-state index in [-0.39, 0.29) is 11.3 Å². The normalized spacial score (nSPS) is 10.2. The van der Waals surface area contributed by atoms with Gasteiger partial charge in [-0.1, -0.05) is 12.1 Å². The standard InChI is InChI=1S/C9H10N2O2/c1-2-10-11-9(13)7-5-3-4-6-8(7)12/h2-6,12H,1H3,(H,11,13). The first-order valence-corrected chi connectivity index (χ1v) is 3.81. The molecule has 2 N–H and O–H groups in total. The summed E-state index contributed by atoms with van der Waals surface area (Å²) in [6.45, 7) is 1.69. The van der Waals surface area contributed by atoms with Gasteiger partial charge in [0.2, 0.25) is 0 Å². The smallest absolute Gasteiger partial charge is 0.275 e.